The fraction of sp³-hybridized carbons (Fsp3) is 0.278. The van der Waals surface area contributed by atoms with Crippen molar-refractivity contribution in [1.29, 1.82) is 0 Å². The monoisotopic (exact) mass is 334 g/mol. The molecule has 0 atom stereocenters. The fourth-order valence-electron chi connectivity index (χ4n) is 2.89. The third kappa shape index (κ3) is 3.22. The molecule has 1 amide bonds. The van der Waals surface area contributed by atoms with E-state index in [0.717, 1.165) is 36.2 Å². The van der Waals surface area contributed by atoms with Gasteiger partial charge in [0.05, 0.1) is 5.69 Å². The van der Waals surface area contributed by atoms with Gasteiger partial charge >= 0.3 is 0 Å². The highest BCUT2D eigenvalue weighted by atomic mass is 19.2. The number of para-hydroxylation sites is 1. The zero-order chi connectivity index (χ0) is 17.1. The highest BCUT2D eigenvalue weighted by Crippen LogP contribution is 2.27. The van der Waals surface area contributed by atoms with E-state index in [1.54, 1.807) is 4.90 Å². The number of aryl methyl sites for hydroxylation is 1. The first kappa shape index (κ1) is 16.4. The van der Waals surface area contributed by atoms with Crippen molar-refractivity contribution in [3.05, 3.63) is 59.4 Å². The minimum atomic E-state index is -1.52. The molecule has 6 heteroatoms. The minimum absolute atomic E-state index is 0.0855. The molecule has 0 aliphatic carbocycles. The van der Waals surface area contributed by atoms with Gasteiger partial charge in [-0.05, 0) is 36.6 Å². The smallest absolute Gasteiger partial charge is 0.228 e. The first-order valence-electron chi connectivity index (χ1n) is 7.83. The molecule has 2 aromatic carbocycles. The van der Waals surface area contributed by atoms with Gasteiger partial charge in [-0.25, -0.2) is 13.2 Å². The van der Waals surface area contributed by atoms with E-state index in [4.69, 9.17) is 0 Å². The molecular formula is C18H17F3N2O. The van der Waals surface area contributed by atoms with E-state index >= 15 is 0 Å². The predicted octanol–water partition coefficient (Wildman–Crippen LogP) is 3.89. The van der Waals surface area contributed by atoms with Crippen LogP contribution in [0.5, 0.6) is 0 Å². The van der Waals surface area contributed by atoms with Crippen molar-refractivity contribution in [3.8, 4) is 0 Å². The molecule has 3 nitrogen and oxygen atoms in total. The Labute approximate surface area is 138 Å². The average molecular weight is 334 g/mol. The van der Waals surface area contributed by atoms with Gasteiger partial charge < -0.3 is 10.2 Å². The Morgan fingerprint density at radius 3 is 2.71 bits per heavy atom. The summed E-state index contributed by atoms with van der Waals surface area (Å²) < 4.78 is 39.6. The molecule has 0 fully saturated rings. The van der Waals surface area contributed by atoms with Gasteiger partial charge in [-0.3, -0.25) is 4.79 Å². The summed E-state index contributed by atoms with van der Waals surface area (Å²) in [7, 11) is 0. The lowest BCUT2D eigenvalue weighted by molar-refractivity contribution is -0.118. The topological polar surface area (TPSA) is 32.3 Å². The first-order chi connectivity index (χ1) is 11.6. The van der Waals surface area contributed by atoms with Crippen molar-refractivity contribution in [3.63, 3.8) is 0 Å². The Bertz CT molecular complexity index is 764. The predicted molar refractivity (Wildman–Crippen MR) is 86.5 cm³/mol. The Kier molecular flexibility index (Phi) is 4.74. The number of amides is 1. The summed E-state index contributed by atoms with van der Waals surface area (Å²) in [5.41, 5.74) is 1.89. The van der Waals surface area contributed by atoms with Gasteiger partial charge in [0.25, 0.3) is 0 Å². The number of anilines is 2. The van der Waals surface area contributed by atoms with Crippen LogP contribution in [0.4, 0.5) is 24.5 Å². The van der Waals surface area contributed by atoms with Crippen molar-refractivity contribution >= 4 is 17.3 Å². The molecule has 1 aliphatic heterocycles. The molecule has 1 N–H and O–H groups in total. The average Bonchev–Trinajstić information content (AvgIpc) is 2.61. The quantitative estimate of drug-likeness (QED) is 0.861. The highest BCUT2D eigenvalue weighted by Gasteiger charge is 2.21. The van der Waals surface area contributed by atoms with E-state index in [2.05, 4.69) is 5.32 Å². The van der Waals surface area contributed by atoms with Crippen LogP contribution in [0.25, 0.3) is 0 Å². The van der Waals surface area contributed by atoms with Gasteiger partial charge in [-0.2, -0.15) is 0 Å². The molecular weight excluding hydrogens is 317 g/mol. The second kappa shape index (κ2) is 6.95. The summed E-state index contributed by atoms with van der Waals surface area (Å²) in [5, 5.41) is 2.65. The van der Waals surface area contributed by atoms with Crippen LogP contribution in [0.2, 0.25) is 0 Å². The highest BCUT2D eigenvalue weighted by molar-refractivity contribution is 5.94. The zero-order valence-electron chi connectivity index (χ0n) is 13.0. The van der Waals surface area contributed by atoms with Crippen LogP contribution < -0.4 is 10.2 Å². The second-order valence-electron chi connectivity index (χ2n) is 5.68. The van der Waals surface area contributed by atoms with E-state index in [1.165, 1.54) is 0 Å². The third-order valence-corrected chi connectivity index (χ3v) is 4.10. The number of nitrogens with one attached hydrogen (secondary N) is 1. The Balaban J connectivity index is 1.62. The van der Waals surface area contributed by atoms with Gasteiger partial charge in [-0.15, -0.1) is 0 Å². The number of halogens is 3. The molecule has 0 saturated heterocycles. The van der Waals surface area contributed by atoms with Gasteiger partial charge in [0, 0.05) is 25.2 Å². The lowest BCUT2D eigenvalue weighted by Gasteiger charge is -2.29. The van der Waals surface area contributed by atoms with Crippen molar-refractivity contribution in [2.45, 2.75) is 19.3 Å². The van der Waals surface area contributed by atoms with Gasteiger partial charge in [-0.1, -0.05) is 18.2 Å². The molecule has 2 aromatic rings. The number of carbonyl (C=O) groups excluding carboxylic acids is 1. The molecule has 1 aliphatic rings. The van der Waals surface area contributed by atoms with Crippen molar-refractivity contribution in [2.24, 2.45) is 0 Å². The summed E-state index contributed by atoms with van der Waals surface area (Å²) >= 11 is 0. The van der Waals surface area contributed by atoms with E-state index in [0.29, 0.717) is 6.54 Å². The largest absolute Gasteiger partial charge is 0.382 e. The number of benzene rings is 2. The van der Waals surface area contributed by atoms with Gasteiger partial charge in [0.1, 0.15) is 0 Å². The fourth-order valence-corrected chi connectivity index (χ4v) is 2.89. The van der Waals surface area contributed by atoms with E-state index < -0.39 is 17.5 Å². The number of carbonyl (C=O) groups is 1. The maximum Gasteiger partial charge on any atom is 0.228 e. The van der Waals surface area contributed by atoms with E-state index in [1.807, 2.05) is 24.3 Å². The first-order valence-corrected chi connectivity index (χ1v) is 7.83. The van der Waals surface area contributed by atoms with Gasteiger partial charge in [0.2, 0.25) is 5.91 Å². The Morgan fingerprint density at radius 2 is 1.88 bits per heavy atom. The number of rotatable bonds is 4. The second-order valence-corrected chi connectivity index (χ2v) is 5.68. The number of fused-ring (bicyclic) bond motifs is 1. The molecule has 126 valence electrons. The van der Waals surface area contributed by atoms with E-state index in [9.17, 15) is 18.0 Å². The van der Waals surface area contributed by atoms with Crippen LogP contribution in [0.1, 0.15) is 18.4 Å². The van der Waals surface area contributed by atoms with Crippen LogP contribution in [0, 0.1) is 17.5 Å². The van der Waals surface area contributed by atoms with Crippen molar-refractivity contribution in [1.82, 2.24) is 0 Å². The standard InChI is InChI=1S/C18H17F3N2O/c19-13-7-8-14(18(21)17(13)20)22-10-9-16(24)23-11-3-5-12-4-1-2-6-15(12)23/h1-2,4,6-8,22H,3,5,9-11H2. The summed E-state index contributed by atoms with van der Waals surface area (Å²) in [6, 6.07) is 9.72. The lowest BCUT2D eigenvalue weighted by Crippen LogP contribution is -2.36. The van der Waals surface area contributed by atoms with Crippen molar-refractivity contribution in [2.75, 3.05) is 23.3 Å². The van der Waals surface area contributed by atoms with Crippen LogP contribution in [-0.4, -0.2) is 19.0 Å². The SMILES string of the molecule is O=C(CCNc1ccc(F)c(F)c1F)N1CCCc2ccccc21. The maximum atomic E-state index is 13.6. The van der Waals surface area contributed by atoms with Crippen LogP contribution in [0.15, 0.2) is 36.4 Å². The summed E-state index contributed by atoms with van der Waals surface area (Å²) in [5.74, 6) is -4.11. The van der Waals surface area contributed by atoms with Crippen LogP contribution >= 0.6 is 0 Å². The normalized spacial score (nSPS) is 13.5. The minimum Gasteiger partial charge on any atom is -0.382 e. The van der Waals surface area contributed by atoms with E-state index in [-0.39, 0.29) is 24.6 Å². The molecule has 0 aromatic heterocycles. The molecule has 0 bridgehead atoms. The van der Waals surface area contributed by atoms with Crippen LogP contribution in [0.3, 0.4) is 0 Å². The number of hydrogen-bond acceptors (Lipinski definition) is 2. The van der Waals surface area contributed by atoms with Gasteiger partial charge in [0.15, 0.2) is 17.5 Å². The Morgan fingerprint density at radius 1 is 1.08 bits per heavy atom. The molecule has 1 heterocycles. The molecule has 24 heavy (non-hydrogen) atoms. The molecule has 0 saturated carbocycles. The molecule has 3 rings (SSSR count). The van der Waals surface area contributed by atoms with Crippen LogP contribution in [-0.2, 0) is 11.2 Å². The molecule has 0 radical (unpaired) electrons. The lowest BCUT2D eigenvalue weighted by atomic mass is 10.0. The molecule has 0 spiro atoms. The summed E-state index contributed by atoms with van der Waals surface area (Å²) in [6.45, 7) is 0.787. The number of hydrogen-bond donors (Lipinski definition) is 1. The Hall–Kier alpha value is -2.50. The van der Waals surface area contributed by atoms with Crippen molar-refractivity contribution < 1.29 is 18.0 Å². The summed E-state index contributed by atoms with van der Waals surface area (Å²) in [4.78, 5) is 14.1. The zero-order valence-corrected chi connectivity index (χ0v) is 13.0. The maximum absolute atomic E-state index is 13.6. The summed E-state index contributed by atoms with van der Waals surface area (Å²) in [6.07, 6.45) is 1.97. The third-order valence-electron chi connectivity index (χ3n) is 4.10. The molecule has 0 unspecified atom stereocenters. The number of nitrogens with zero attached hydrogens (tertiary/aromatic N) is 1.